The van der Waals surface area contributed by atoms with Crippen molar-refractivity contribution in [3.8, 4) is 0 Å². The highest BCUT2D eigenvalue weighted by Crippen LogP contribution is 2.18. The Labute approximate surface area is 81.5 Å². The number of aliphatic imine (C=N–C) groups is 1. The maximum Gasteiger partial charge on any atom is 0.240 e. The molecule has 0 saturated heterocycles. The summed E-state index contributed by atoms with van der Waals surface area (Å²) in [5, 5.41) is 0.844. The van der Waals surface area contributed by atoms with Crippen molar-refractivity contribution in [1.29, 1.82) is 0 Å². The second kappa shape index (κ2) is 4.00. The van der Waals surface area contributed by atoms with Crippen LogP contribution in [0.15, 0.2) is 46.1 Å². The second-order valence-corrected chi connectivity index (χ2v) is 4.31. The van der Waals surface area contributed by atoms with E-state index < -0.39 is 9.84 Å². The fraction of sp³-hybridized carbons (Fsp3) is 0. The SMILES string of the molecule is C=CS(=O)(=O)c1cccc(N=C=O)c1. The Morgan fingerprint density at radius 2 is 2.14 bits per heavy atom. The summed E-state index contributed by atoms with van der Waals surface area (Å²) in [4.78, 5) is 13.3. The van der Waals surface area contributed by atoms with Gasteiger partial charge in [0, 0.05) is 5.41 Å². The third kappa shape index (κ3) is 2.16. The molecule has 0 fully saturated rings. The number of sulfone groups is 1. The molecule has 1 rings (SSSR count). The highest BCUT2D eigenvalue weighted by molar-refractivity contribution is 7.94. The van der Waals surface area contributed by atoms with Crippen molar-refractivity contribution >= 4 is 21.6 Å². The fourth-order valence-electron chi connectivity index (χ4n) is 0.879. The molecule has 0 atom stereocenters. The molecule has 0 amide bonds. The highest BCUT2D eigenvalue weighted by atomic mass is 32.2. The maximum absolute atomic E-state index is 11.3. The first-order chi connectivity index (χ1) is 6.60. The first kappa shape index (κ1) is 10.4. The molecular formula is C9H7NO3S. The van der Waals surface area contributed by atoms with Gasteiger partial charge in [0.05, 0.1) is 10.6 Å². The molecule has 0 aliphatic carbocycles. The van der Waals surface area contributed by atoms with Crippen LogP contribution < -0.4 is 0 Å². The van der Waals surface area contributed by atoms with Gasteiger partial charge in [0.2, 0.25) is 6.08 Å². The number of benzene rings is 1. The molecule has 0 saturated carbocycles. The smallest absolute Gasteiger partial charge is 0.219 e. The zero-order valence-corrected chi connectivity index (χ0v) is 7.99. The lowest BCUT2D eigenvalue weighted by molar-refractivity contribution is 0.565. The van der Waals surface area contributed by atoms with Crippen LogP contribution in [0.4, 0.5) is 5.69 Å². The van der Waals surface area contributed by atoms with E-state index in [-0.39, 0.29) is 10.6 Å². The second-order valence-electron chi connectivity index (χ2n) is 2.41. The Bertz CT molecular complexity index is 499. The number of hydrogen-bond acceptors (Lipinski definition) is 4. The van der Waals surface area contributed by atoms with Crippen LogP contribution >= 0.6 is 0 Å². The minimum absolute atomic E-state index is 0.0593. The van der Waals surface area contributed by atoms with Crippen molar-refractivity contribution in [2.24, 2.45) is 4.99 Å². The van der Waals surface area contributed by atoms with Gasteiger partial charge in [0.15, 0.2) is 9.84 Å². The van der Waals surface area contributed by atoms with E-state index in [1.807, 2.05) is 0 Å². The molecule has 5 heteroatoms. The lowest BCUT2D eigenvalue weighted by Crippen LogP contribution is -1.94. The highest BCUT2D eigenvalue weighted by Gasteiger charge is 2.08. The van der Waals surface area contributed by atoms with Crippen molar-refractivity contribution in [1.82, 2.24) is 0 Å². The summed E-state index contributed by atoms with van der Waals surface area (Å²) in [6.07, 6.45) is 1.34. The predicted molar refractivity (Wildman–Crippen MR) is 51.6 cm³/mol. The summed E-state index contributed by atoms with van der Waals surface area (Å²) in [6, 6.07) is 5.68. The Balaban J connectivity index is 3.32. The summed E-state index contributed by atoms with van der Waals surface area (Å²) >= 11 is 0. The van der Waals surface area contributed by atoms with Crippen molar-refractivity contribution in [3.63, 3.8) is 0 Å². The number of carbonyl (C=O) groups excluding carboxylic acids is 1. The molecule has 0 aromatic heterocycles. The van der Waals surface area contributed by atoms with Gasteiger partial charge < -0.3 is 0 Å². The van der Waals surface area contributed by atoms with Gasteiger partial charge in [-0.3, -0.25) is 0 Å². The van der Waals surface area contributed by atoms with Crippen LogP contribution in [0, 0.1) is 0 Å². The van der Waals surface area contributed by atoms with Gasteiger partial charge >= 0.3 is 0 Å². The number of hydrogen-bond donors (Lipinski definition) is 0. The van der Waals surface area contributed by atoms with Crippen LogP contribution in [0.1, 0.15) is 0 Å². The summed E-state index contributed by atoms with van der Waals surface area (Å²) in [5.74, 6) is 0. The molecule has 0 N–H and O–H groups in total. The van der Waals surface area contributed by atoms with E-state index in [1.54, 1.807) is 0 Å². The van der Waals surface area contributed by atoms with Gasteiger partial charge in [-0.25, -0.2) is 13.2 Å². The van der Waals surface area contributed by atoms with Crippen LogP contribution in [0.5, 0.6) is 0 Å². The monoisotopic (exact) mass is 209 g/mol. The minimum atomic E-state index is -3.46. The van der Waals surface area contributed by atoms with E-state index in [0.29, 0.717) is 0 Å². The molecule has 0 bridgehead atoms. The van der Waals surface area contributed by atoms with Crippen LogP contribution in [-0.4, -0.2) is 14.5 Å². The first-order valence-electron chi connectivity index (χ1n) is 3.65. The predicted octanol–water partition coefficient (Wildman–Crippen LogP) is 1.57. The van der Waals surface area contributed by atoms with Crippen molar-refractivity contribution in [2.45, 2.75) is 4.90 Å². The molecule has 0 aliphatic heterocycles. The first-order valence-corrected chi connectivity index (χ1v) is 5.20. The summed E-state index contributed by atoms with van der Waals surface area (Å²) in [6.45, 7) is 3.19. The van der Waals surface area contributed by atoms with Gasteiger partial charge in [-0.2, -0.15) is 4.99 Å². The third-order valence-corrected chi connectivity index (χ3v) is 2.89. The molecule has 0 aliphatic rings. The zero-order chi connectivity index (χ0) is 10.6. The van der Waals surface area contributed by atoms with Crippen LogP contribution in [-0.2, 0) is 14.6 Å². The topological polar surface area (TPSA) is 63.6 Å². The van der Waals surface area contributed by atoms with Gasteiger partial charge in [0.25, 0.3) is 0 Å². The standard InChI is InChI=1S/C9H7NO3S/c1-2-14(12,13)9-5-3-4-8(6-9)10-7-11/h2-6H,1H2. The van der Waals surface area contributed by atoms with Crippen molar-refractivity contribution < 1.29 is 13.2 Å². The fourth-order valence-corrected chi connectivity index (χ4v) is 1.62. The molecule has 0 spiro atoms. The molecule has 14 heavy (non-hydrogen) atoms. The van der Waals surface area contributed by atoms with E-state index in [0.717, 1.165) is 5.41 Å². The Hall–Kier alpha value is -1.71. The lowest BCUT2D eigenvalue weighted by atomic mass is 10.3. The van der Waals surface area contributed by atoms with E-state index in [9.17, 15) is 13.2 Å². The van der Waals surface area contributed by atoms with E-state index in [2.05, 4.69) is 11.6 Å². The van der Waals surface area contributed by atoms with Crippen LogP contribution in [0.2, 0.25) is 0 Å². The Morgan fingerprint density at radius 1 is 1.43 bits per heavy atom. The van der Waals surface area contributed by atoms with Gasteiger partial charge in [-0.1, -0.05) is 12.6 Å². The minimum Gasteiger partial charge on any atom is -0.219 e. The molecule has 72 valence electrons. The van der Waals surface area contributed by atoms with Crippen LogP contribution in [0.25, 0.3) is 0 Å². The van der Waals surface area contributed by atoms with Gasteiger partial charge in [-0.05, 0) is 18.2 Å². The van der Waals surface area contributed by atoms with Crippen molar-refractivity contribution in [2.75, 3.05) is 0 Å². The summed E-state index contributed by atoms with van der Waals surface area (Å²) in [5.41, 5.74) is 0.253. The molecular weight excluding hydrogens is 202 g/mol. The number of rotatable bonds is 3. The quantitative estimate of drug-likeness (QED) is 0.560. The van der Waals surface area contributed by atoms with Gasteiger partial charge in [0.1, 0.15) is 0 Å². The Morgan fingerprint density at radius 3 is 2.71 bits per heavy atom. The Kier molecular flexibility index (Phi) is 2.96. The van der Waals surface area contributed by atoms with Gasteiger partial charge in [-0.15, -0.1) is 0 Å². The summed E-state index contributed by atoms with van der Waals surface area (Å²) < 4.78 is 22.6. The normalized spacial score (nSPS) is 10.3. The van der Waals surface area contributed by atoms with E-state index >= 15 is 0 Å². The average Bonchev–Trinajstić information content (AvgIpc) is 2.19. The summed E-state index contributed by atoms with van der Waals surface area (Å²) in [7, 11) is -3.46. The zero-order valence-electron chi connectivity index (χ0n) is 7.17. The molecule has 1 aromatic carbocycles. The lowest BCUT2D eigenvalue weighted by Gasteiger charge is -1.98. The van der Waals surface area contributed by atoms with Crippen LogP contribution in [0.3, 0.4) is 0 Å². The maximum atomic E-state index is 11.3. The molecule has 0 heterocycles. The molecule has 1 aromatic rings. The van der Waals surface area contributed by atoms with Crippen molar-refractivity contribution in [3.05, 3.63) is 36.3 Å². The number of isocyanates is 1. The molecule has 0 unspecified atom stereocenters. The average molecular weight is 209 g/mol. The molecule has 4 nitrogen and oxygen atoms in total. The van der Waals surface area contributed by atoms with E-state index in [1.165, 1.54) is 30.3 Å². The number of nitrogens with zero attached hydrogens (tertiary/aromatic N) is 1. The largest absolute Gasteiger partial charge is 0.240 e. The van der Waals surface area contributed by atoms with E-state index in [4.69, 9.17) is 0 Å². The third-order valence-electron chi connectivity index (χ3n) is 1.54. The molecule has 0 radical (unpaired) electrons.